The van der Waals surface area contributed by atoms with Crippen molar-refractivity contribution in [1.29, 1.82) is 0 Å². The summed E-state index contributed by atoms with van der Waals surface area (Å²) < 4.78 is 22.6. The molecule has 0 saturated carbocycles. The Morgan fingerprint density at radius 2 is 1.67 bits per heavy atom. The van der Waals surface area contributed by atoms with E-state index in [9.17, 15) is 13.2 Å². The van der Waals surface area contributed by atoms with Crippen molar-refractivity contribution in [3.8, 4) is 0 Å². The number of nitrogens with one attached hydrogen (secondary N) is 3. The van der Waals surface area contributed by atoms with Crippen LogP contribution in [0.5, 0.6) is 0 Å². The van der Waals surface area contributed by atoms with Gasteiger partial charge in [-0.3, -0.25) is 9.78 Å². The fourth-order valence-electron chi connectivity index (χ4n) is 2.43. The predicted molar refractivity (Wildman–Crippen MR) is 108 cm³/mol. The molecule has 0 fully saturated rings. The van der Waals surface area contributed by atoms with Crippen LogP contribution in [-0.4, -0.2) is 25.6 Å². The van der Waals surface area contributed by atoms with E-state index < -0.39 is 15.9 Å². The molecule has 0 aliphatic carbocycles. The lowest BCUT2D eigenvalue weighted by atomic mass is 10.1. The normalized spacial score (nSPS) is 11.4. The number of halogens is 2. The van der Waals surface area contributed by atoms with Crippen molar-refractivity contribution in [2.45, 2.75) is 0 Å². The molecule has 0 unspecified atom stereocenters. The number of nitrogens with zero attached hydrogens (tertiary/aromatic N) is 1. The second-order valence-electron chi connectivity index (χ2n) is 5.61. The van der Waals surface area contributed by atoms with Gasteiger partial charge in [0.1, 0.15) is 0 Å². The Kier molecular flexibility index (Phi) is 5.52. The zero-order valence-corrected chi connectivity index (χ0v) is 16.3. The van der Waals surface area contributed by atoms with E-state index >= 15 is 0 Å². The summed E-state index contributed by atoms with van der Waals surface area (Å²) in [5, 5.41) is 3.81. The lowest BCUT2D eigenvalue weighted by Crippen LogP contribution is -2.28. The predicted octanol–water partition coefficient (Wildman–Crippen LogP) is 3.67. The number of hydrogen-bond acceptors (Lipinski definition) is 5. The molecule has 0 radical (unpaired) electrons. The highest BCUT2D eigenvalue weighted by Crippen LogP contribution is 2.29. The van der Waals surface area contributed by atoms with Crippen LogP contribution in [0.2, 0.25) is 10.0 Å². The number of fused-ring (bicyclic) bond motifs is 1. The molecule has 1 heterocycles. The molecular formula is C17H14Cl2N4O3S. The second-order valence-corrected chi connectivity index (χ2v) is 8.17. The van der Waals surface area contributed by atoms with E-state index in [2.05, 4.69) is 20.6 Å². The molecule has 10 heteroatoms. The number of para-hydroxylation sites is 1. The van der Waals surface area contributed by atoms with Crippen LogP contribution >= 0.6 is 23.2 Å². The largest absolute Gasteiger partial charge is 0.320 e. The standard InChI is InChI=1S/C17H14Cl2N4O3S/c1-27(25,26)23-22-13-8-9-20-16-10(13)4-2-7-14(16)21-17(24)15-11(18)5-3-6-12(15)19/h2-9,23H,1H3,(H,20,22)(H,21,24). The van der Waals surface area contributed by atoms with E-state index in [1.807, 2.05) is 0 Å². The van der Waals surface area contributed by atoms with E-state index in [-0.39, 0.29) is 15.6 Å². The van der Waals surface area contributed by atoms with Crippen molar-refractivity contribution in [2.75, 3.05) is 17.0 Å². The molecule has 7 nitrogen and oxygen atoms in total. The third kappa shape index (κ3) is 4.48. The molecule has 0 saturated heterocycles. The minimum atomic E-state index is -3.45. The van der Waals surface area contributed by atoms with Gasteiger partial charge in [0.2, 0.25) is 10.0 Å². The molecule has 0 atom stereocenters. The summed E-state index contributed by atoms with van der Waals surface area (Å²) in [6, 6.07) is 11.5. The van der Waals surface area contributed by atoms with E-state index in [4.69, 9.17) is 23.2 Å². The average molecular weight is 425 g/mol. The molecule has 1 amide bonds. The summed E-state index contributed by atoms with van der Waals surface area (Å²) >= 11 is 12.2. The van der Waals surface area contributed by atoms with E-state index in [0.717, 1.165) is 6.26 Å². The van der Waals surface area contributed by atoms with E-state index in [0.29, 0.717) is 22.3 Å². The van der Waals surface area contributed by atoms with Crippen LogP contribution in [0, 0.1) is 0 Å². The van der Waals surface area contributed by atoms with Crippen LogP contribution < -0.4 is 15.6 Å². The fraction of sp³-hybridized carbons (Fsp3) is 0.0588. The van der Waals surface area contributed by atoms with E-state index in [1.165, 1.54) is 6.20 Å². The summed E-state index contributed by atoms with van der Waals surface area (Å²) in [7, 11) is -3.45. The lowest BCUT2D eigenvalue weighted by Gasteiger charge is -2.13. The minimum absolute atomic E-state index is 0.158. The van der Waals surface area contributed by atoms with Crippen LogP contribution in [0.25, 0.3) is 10.9 Å². The maximum Gasteiger partial charge on any atom is 0.258 e. The van der Waals surface area contributed by atoms with Crippen molar-refractivity contribution in [2.24, 2.45) is 0 Å². The van der Waals surface area contributed by atoms with Crippen molar-refractivity contribution in [1.82, 2.24) is 9.82 Å². The van der Waals surface area contributed by atoms with Crippen molar-refractivity contribution < 1.29 is 13.2 Å². The highest BCUT2D eigenvalue weighted by molar-refractivity contribution is 7.88. The maximum absolute atomic E-state index is 12.6. The number of carbonyl (C=O) groups is 1. The minimum Gasteiger partial charge on any atom is -0.320 e. The van der Waals surface area contributed by atoms with Gasteiger partial charge in [-0.1, -0.05) is 41.4 Å². The van der Waals surface area contributed by atoms with Crippen molar-refractivity contribution in [3.63, 3.8) is 0 Å². The smallest absolute Gasteiger partial charge is 0.258 e. The molecule has 27 heavy (non-hydrogen) atoms. The monoisotopic (exact) mass is 424 g/mol. The van der Waals surface area contributed by atoms with Gasteiger partial charge in [0, 0.05) is 11.6 Å². The van der Waals surface area contributed by atoms with Crippen LogP contribution in [-0.2, 0) is 10.0 Å². The molecule has 0 bridgehead atoms. The molecule has 140 valence electrons. The topological polar surface area (TPSA) is 100 Å². The first-order valence-corrected chi connectivity index (χ1v) is 10.3. The fourth-order valence-corrected chi connectivity index (χ4v) is 3.30. The Morgan fingerprint density at radius 3 is 2.33 bits per heavy atom. The van der Waals surface area contributed by atoms with Gasteiger partial charge in [-0.15, -0.1) is 4.83 Å². The third-order valence-corrected chi connectivity index (χ3v) is 4.68. The van der Waals surface area contributed by atoms with Crippen LogP contribution in [0.4, 0.5) is 11.4 Å². The van der Waals surface area contributed by atoms with Crippen LogP contribution in [0.15, 0.2) is 48.7 Å². The van der Waals surface area contributed by atoms with Gasteiger partial charge in [-0.2, -0.15) is 0 Å². The number of amides is 1. The molecule has 3 aromatic rings. The molecule has 3 N–H and O–H groups in total. The maximum atomic E-state index is 12.6. The highest BCUT2D eigenvalue weighted by atomic mass is 35.5. The molecule has 0 aliphatic rings. The number of sulfonamides is 1. The molecule has 0 spiro atoms. The number of hydrazine groups is 1. The van der Waals surface area contributed by atoms with Gasteiger partial charge in [0.25, 0.3) is 5.91 Å². The first kappa shape index (κ1) is 19.4. The summed E-state index contributed by atoms with van der Waals surface area (Å²) in [6.07, 6.45) is 2.52. The number of pyridine rings is 1. The van der Waals surface area contributed by atoms with E-state index in [1.54, 1.807) is 42.5 Å². The summed E-state index contributed by atoms with van der Waals surface area (Å²) in [5.74, 6) is -0.479. The third-order valence-electron chi connectivity index (χ3n) is 3.58. The molecule has 2 aromatic carbocycles. The SMILES string of the molecule is CS(=O)(=O)NNc1ccnc2c(NC(=O)c3c(Cl)cccc3Cl)cccc12. The summed E-state index contributed by atoms with van der Waals surface area (Å²) in [4.78, 5) is 19.1. The number of hydrogen-bond donors (Lipinski definition) is 3. The molecule has 1 aromatic heterocycles. The highest BCUT2D eigenvalue weighted by Gasteiger charge is 2.16. The van der Waals surface area contributed by atoms with Crippen LogP contribution in [0.1, 0.15) is 10.4 Å². The van der Waals surface area contributed by atoms with Gasteiger partial charge in [0.15, 0.2) is 0 Å². The Labute approximate surface area is 165 Å². The quantitative estimate of drug-likeness (QED) is 0.542. The van der Waals surface area contributed by atoms with Crippen LogP contribution in [0.3, 0.4) is 0 Å². The Hall–Kier alpha value is -2.39. The second kappa shape index (κ2) is 7.69. The Bertz CT molecular complexity index is 1120. The Morgan fingerprint density at radius 1 is 1.00 bits per heavy atom. The zero-order chi connectivity index (χ0) is 19.6. The van der Waals surface area contributed by atoms with Gasteiger partial charge in [-0.25, -0.2) is 8.42 Å². The van der Waals surface area contributed by atoms with Crippen molar-refractivity contribution in [3.05, 3.63) is 64.3 Å². The lowest BCUT2D eigenvalue weighted by molar-refractivity contribution is 0.102. The Balaban J connectivity index is 1.97. The van der Waals surface area contributed by atoms with Gasteiger partial charge >= 0.3 is 0 Å². The number of benzene rings is 2. The van der Waals surface area contributed by atoms with Gasteiger partial charge in [-0.05, 0) is 24.3 Å². The number of anilines is 2. The molecule has 0 aliphatic heterocycles. The number of carbonyl (C=O) groups excluding carboxylic acids is 1. The average Bonchev–Trinajstić information content (AvgIpc) is 2.59. The first-order chi connectivity index (χ1) is 12.8. The summed E-state index contributed by atoms with van der Waals surface area (Å²) in [6.45, 7) is 0. The molecular weight excluding hydrogens is 411 g/mol. The molecule has 3 rings (SSSR count). The zero-order valence-electron chi connectivity index (χ0n) is 14.0. The van der Waals surface area contributed by atoms with Crippen molar-refractivity contribution >= 4 is 61.4 Å². The van der Waals surface area contributed by atoms with Gasteiger partial charge in [0.05, 0.1) is 38.8 Å². The van der Waals surface area contributed by atoms with Gasteiger partial charge < -0.3 is 10.7 Å². The number of aromatic nitrogens is 1. The summed E-state index contributed by atoms with van der Waals surface area (Å²) in [5.41, 5.74) is 4.16. The number of rotatable bonds is 5. The first-order valence-electron chi connectivity index (χ1n) is 7.62.